The van der Waals surface area contributed by atoms with Gasteiger partial charge in [0.25, 0.3) is 0 Å². The monoisotopic (exact) mass is 294 g/mol. The van der Waals surface area contributed by atoms with E-state index in [4.69, 9.17) is 5.11 Å². The highest BCUT2D eigenvalue weighted by Gasteiger charge is 2.31. The third-order valence-corrected chi connectivity index (χ3v) is 3.45. The fourth-order valence-corrected chi connectivity index (χ4v) is 1.68. The van der Waals surface area contributed by atoms with Gasteiger partial charge in [-0.25, -0.2) is 4.79 Å². The molecule has 0 saturated carbocycles. The predicted molar refractivity (Wildman–Crippen MR) is 80.5 cm³/mol. The first-order valence-electron chi connectivity index (χ1n) is 6.63. The van der Waals surface area contributed by atoms with Crippen LogP contribution in [0.1, 0.15) is 19.4 Å². The number of amides is 2. The molecule has 6 heteroatoms. The number of hydrogen-bond acceptors (Lipinski definition) is 3. The van der Waals surface area contributed by atoms with Crippen LogP contribution >= 0.6 is 0 Å². The number of carboxylic acids is 1. The third kappa shape index (κ3) is 4.19. The van der Waals surface area contributed by atoms with E-state index in [0.717, 1.165) is 5.56 Å². The molecule has 0 saturated heterocycles. The van der Waals surface area contributed by atoms with Gasteiger partial charge in [-0.1, -0.05) is 17.7 Å². The highest BCUT2D eigenvalue weighted by atomic mass is 16.4. The van der Waals surface area contributed by atoms with Gasteiger partial charge in [-0.3, -0.25) is 9.69 Å². The van der Waals surface area contributed by atoms with E-state index in [9.17, 15) is 14.7 Å². The van der Waals surface area contributed by atoms with Gasteiger partial charge < -0.3 is 15.1 Å². The quantitative estimate of drug-likeness (QED) is 0.866. The predicted octanol–water partition coefficient (Wildman–Crippen LogP) is 1.71. The number of aliphatic hydroxyl groups is 1. The Bertz CT molecular complexity index is 511. The van der Waals surface area contributed by atoms with Crippen molar-refractivity contribution in [1.29, 1.82) is 0 Å². The van der Waals surface area contributed by atoms with Crippen molar-refractivity contribution in [3.63, 3.8) is 0 Å². The number of carbonyl (C=O) groups is 2. The Morgan fingerprint density at radius 2 is 1.71 bits per heavy atom. The molecular weight excluding hydrogens is 272 g/mol. The van der Waals surface area contributed by atoms with E-state index in [0.29, 0.717) is 5.69 Å². The van der Waals surface area contributed by atoms with Crippen LogP contribution in [0.15, 0.2) is 24.3 Å². The van der Waals surface area contributed by atoms with Crippen molar-refractivity contribution in [1.82, 2.24) is 4.90 Å². The molecule has 0 aromatic heterocycles. The van der Waals surface area contributed by atoms with Gasteiger partial charge in [-0.2, -0.15) is 0 Å². The highest BCUT2D eigenvalue weighted by Crippen LogP contribution is 2.20. The number of carboxylic acid groups (broad SMARTS) is 1. The van der Waals surface area contributed by atoms with Crippen molar-refractivity contribution in [3.8, 4) is 0 Å². The number of likely N-dealkylation sites (N-methyl/N-ethyl adjacent to an activating group) is 1. The van der Waals surface area contributed by atoms with E-state index in [1.807, 2.05) is 19.1 Å². The fourth-order valence-electron chi connectivity index (χ4n) is 1.68. The Morgan fingerprint density at radius 3 is 2.14 bits per heavy atom. The number of benzene rings is 1. The first-order valence-corrected chi connectivity index (χ1v) is 6.63. The van der Waals surface area contributed by atoms with Gasteiger partial charge in [0, 0.05) is 12.7 Å². The summed E-state index contributed by atoms with van der Waals surface area (Å²) in [7, 11) is 1.54. The number of aliphatic carboxylic acids is 1. The van der Waals surface area contributed by atoms with Crippen molar-refractivity contribution in [2.45, 2.75) is 26.3 Å². The van der Waals surface area contributed by atoms with E-state index in [1.54, 1.807) is 33.0 Å². The summed E-state index contributed by atoms with van der Waals surface area (Å²) in [5.74, 6) is -1.10. The molecule has 0 aliphatic rings. The minimum atomic E-state index is -1.10. The molecule has 0 spiro atoms. The molecular formula is C15H22N2O4. The topological polar surface area (TPSA) is 81.1 Å². The number of urea groups is 1. The Hall–Kier alpha value is -2.08. The summed E-state index contributed by atoms with van der Waals surface area (Å²) in [4.78, 5) is 26.1. The summed E-state index contributed by atoms with van der Waals surface area (Å²) >= 11 is 0. The van der Waals surface area contributed by atoms with E-state index >= 15 is 0 Å². The molecule has 0 fully saturated rings. The summed E-state index contributed by atoms with van der Waals surface area (Å²) in [5.41, 5.74) is 0.748. The lowest BCUT2D eigenvalue weighted by Crippen LogP contribution is -2.54. The highest BCUT2D eigenvalue weighted by molar-refractivity contribution is 5.96. The average Bonchev–Trinajstić information content (AvgIpc) is 2.44. The van der Waals surface area contributed by atoms with E-state index < -0.39 is 24.1 Å². The molecule has 2 amide bonds. The summed E-state index contributed by atoms with van der Waals surface area (Å²) < 4.78 is 0. The SMILES string of the molecule is Cc1ccc(N(CC(=O)O)C(=O)N(C)C(C)(C)CO)cc1. The summed E-state index contributed by atoms with van der Waals surface area (Å²) in [6.45, 7) is 4.67. The van der Waals surface area contributed by atoms with Gasteiger partial charge in [0.15, 0.2) is 0 Å². The number of nitrogens with zero attached hydrogens (tertiary/aromatic N) is 2. The molecule has 0 aliphatic heterocycles. The van der Waals surface area contributed by atoms with Gasteiger partial charge in [0.1, 0.15) is 6.54 Å². The molecule has 6 nitrogen and oxygen atoms in total. The number of rotatable bonds is 5. The minimum absolute atomic E-state index is 0.218. The molecule has 116 valence electrons. The van der Waals surface area contributed by atoms with Crippen molar-refractivity contribution in [3.05, 3.63) is 29.8 Å². The maximum Gasteiger partial charge on any atom is 0.325 e. The first kappa shape index (κ1) is 17.0. The van der Waals surface area contributed by atoms with Crippen LogP contribution in [0.2, 0.25) is 0 Å². The molecule has 0 radical (unpaired) electrons. The third-order valence-electron chi connectivity index (χ3n) is 3.45. The van der Waals surface area contributed by atoms with E-state index in [2.05, 4.69) is 0 Å². The molecule has 1 rings (SSSR count). The molecule has 21 heavy (non-hydrogen) atoms. The lowest BCUT2D eigenvalue weighted by Gasteiger charge is -2.37. The number of carbonyl (C=O) groups excluding carboxylic acids is 1. The van der Waals surface area contributed by atoms with Crippen LogP contribution in [0.4, 0.5) is 10.5 Å². The second-order valence-electron chi connectivity index (χ2n) is 5.63. The van der Waals surface area contributed by atoms with Crippen LogP contribution in [-0.4, -0.2) is 52.9 Å². The van der Waals surface area contributed by atoms with Crippen molar-refractivity contribution in [2.24, 2.45) is 0 Å². The Balaban J connectivity index is 3.10. The molecule has 2 N–H and O–H groups in total. The van der Waals surface area contributed by atoms with Crippen LogP contribution in [-0.2, 0) is 4.79 Å². The van der Waals surface area contributed by atoms with Gasteiger partial charge in [-0.15, -0.1) is 0 Å². The van der Waals surface area contributed by atoms with Crippen molar-refractivity contribution < 1.29 is 19.8 Å². The number of aryl methyl sites for hydroxylation is 1. The normalized spacial score (nSPS) is 11.1. The Labute approximate surface area is 124 Å². The van der Waals surface area contributed by atoms with Crippen LogP contribution in [0, 0.1) is 6.92 Å². The maximum absolute atomic E-state index is 12.5. The van der Waals surface area contributed by atoms with Gasteiger partial charge in [0.2, 0.25) is 0 Å². The molecule has 1 aromatic rings. The zero-order chi connectivity index (χ0) is 16.2. The second kappa shape index (κ2) is 6.58. The molecule has 1 aromatic carbocycles. The Kier molecular flexibility index (Phi) is 5.32. The molecule has 0 unspecified atom stereocenters. The maximum atomic E-state index is 12.5. The van der Waals surface area contributed by atoms with E-state index in [-0.39, 0.29) is 6.61 Å². The molecule has 0 atom stereocenters. The van der Waals surface area contributed by atoms with Gasteiger partial charge in [0.05, 0.1) is 12.1 Å². The second-order valence-corrected chi connectivity index (χ2v) is 5.63. The van der Waals surface area contributed by atoms with E-state index in [1.165, 1.54) is 9.80 Å². The zero-order valence-corrected chi connectivity index (χ0v) is 12.8. The molecule has 0 aliphatic carbocycles. The van der Waals surface area contributed by atoms with Crippen LogP contribution < -0.4 is 4.90 Å². The van der Waals surface area contributed by atoms with Crippen LogP contribution in [0.3, 0.4) is 0 Å². The van der Waals surface area contributed by atoms with Gasteiger partial charge in [-0.05, 0) is 32.9 Å². The fraction of sp³-hybridized carbons (Fsp3) is 0.467. The van der Waals surface area contributed by atoms with Crippen molar-refractivity contribution in [2.75, 3.05) is 25.1 Å². The van der Waals surface area contributed by atoms with Crippen LogP contribution in [0.25, 0.3) is 0 Å². The largest absolute Gasteiger partial charge is 0.480 e. The number of aliphatic hydroxyl groups excluding tert-OH is 1. The summed E-state index contributed by atoms with van der Waals surface area (Å²) in [6, 6.07) is 6.56. The minimum Gasteiger partial charge on any atom is -0.480 e. The summed E-state index contributed by atoms with van der Waals surface area (Å²) in [5, 5.41) is 18.4. The smallest absolute Gasteiger partial charge is 0.325 e. The number of hydrogen-bond donors (Lipinski definition) is 2. The standard InChI is InChI=1S/C15H22N2O4/c1-11-5-7-12(8-6-11)17(9-13(19)20)14(21)16(4)15(2,3)10-18/h5-8,18H,9-10H2,1-4H3,(H,19,20). The van der Waals surface area contributed by atoms with Gasteiger partial charge >= 0.3 is 12.0 Å². The van der Waals surface area contributed by atoms with Crippen molar-refractivity contribution >= 4 is 17.7 Å². The van der Waals surface area contributed by atoms with Crippen LogP contribution in [0.5, 0.6) is 0 Å². The Morgan fingerprint density at radius 1 is 1.19 bits per heavy atom. The molecule has 0 heterocycles. The lowest BCUT2D eigenvalue weighted by molar-refractivity contribution is -0.135. The molecule has 0 bridgehead atoms. The first-order chi connectivity index (χ1) is 9.69. The average molecular weight is 294 g/mol. The zero-order valence-electron chi connectivity index (χ0n) is 12.8. The summed E-state index contributed by atoms with van der Waals surface area (Å²) in [6.07, 6.45) is 0. The lowest BCUT2D eigenvalue weighted by atomic mass is 10.1. The number of anilines is 1.